The summed E-state index contributed by atoms with van der Waals surface area (Å²) < 4.78 is 4.58. The highest BCUT2D eigenvalue weighted by Crippen LogP contribution is 2.17. The topological polar surface area (TPSA) is 52.3 Å². The molecule has 3 nitrogen and oxygen atoms in total. The number of para-hydroxylation sites is 1. The third kappa shape index (κ3) is 2.64. The van der Waals surface area contributed by atoms with E-state index in [1.54, 1.807) is 18.2 Å². The Hall–Kier alpha value is -1.66. The predicted octanol–water partition coefficient (Wildman–Crippen LogP) is 1.65. The maximum Gasteiger partial charge on any atom is 0.339 e. The van der Waals surface area contributed by atoms with Crippen LogP contribution >= 0.6 is 11.6 Å². The first-order valence-corrected chi connectivity index (χ1v) is 4.75. The minimum absolute atomic E-state index is 0.224. The van der Waals surface area contributed by atoms with Gasteiger partial charge in [-0.15, -0.1) is 11.6 Å². The highest BCUT2D eigenvalue weighted by Gasteiger charge is 2.11. The number of alkyl halides is 1. The molecule has 0 radical (unpaired) electrons. The second kappa shape index (κ2) is 5.28. The van der Waals surface area contributed by atoms with E-state index in [1.165, 1.54) is 7.11 Å². The number of nitrogens with two attached hydrogens (primary N) is 1. The Morgan fingerprint density at radius 3 is 2.93 bits per heavy atom. The molecule has 1 aromatic rings. The summed E-state index contributed by atoms with van der Waals surface area (Å²) in [6, 6.07) is 5.01. The predicted molar refractivity (Wildman–Crippen MR) is 59.8 cm³/mol. The molecule has 0 amide bonds. The van der Waals surface area contributed by atoms with Crippen LogP contribution in [0.4, 0.5) is 5.69 Å². The third-order valence-electron chi connectivity index (χ3n) is 1.80. The van der Waals surface area contributed by atoms with Gasteiger partial charge in [-0.05, 0) is 12.1 Å². The summed E-state index contributed by atoms with van der Waals surface area (Å²) >= 11 is 5.43. The van der Waals surface area contributed by atoms with Crippen LogP contribution in [-0.2, 0) is 4.74 Å². The molecule has 0 aromatic heterocycles. The van der Waals surface area contributed by atoms with E-state index < -0.39 is 5.97 Å². The van der Waals surface area contributed by atoms with Crippen molar-refractivity contribution in [3.63, 3.8) is 0 Å². The van der Waals surface area contributed by atoms with Crippen molar-refractivity contribution >= 4 is 23.3 Å². The number of methoxy groups -OCH3 is 1. The van der Waals surface area contributed by atoms with Crippen molar-refractivity contribution in [1.29, 1.82) is 0 Å². The Morgan fingerprint density at radius 1 is 1.60 bits per heavy atom. The molecule has 1 rings (SSSR count). The largest absolute Gasteiger partial charge is 0.465 e. The van der Waals surface area contributed by atoms with Crippen LogP contribution in [0.5, 0.6) is 0 Å². The number of carbonyl (C=O) groups excluding carboxylic acids is 1. The first-order valence-electron chi connectivity index (χ1n) is 4.22. The molecule has 0 saturated heterocycles. The fourth-order valence-electron chi connectivity index (χ4n) is 1.09. The van der Waals surface area contributed by atoms with Gasteiger partial charge in [0.05, 0.1) is 24.2 Å². The summed E-state index contributed by atoms with van der Waals surface area (Å²) in [6.07, 6.45) is 0. The number of rotatable bonds is 1. The molecule has 2 N–H and O–H groups in total. The Kier molecular flexibility index (Phi) is 4.02. The molecule has 78 valence electrons. The third-order valence-corrected chi connectivity index (χ3v) is 1.93. The fraction of sp³-hybridized carbons (Fsp3) is 0.182. The van der Waals surface area contributed by atoms with Crippen molar-refractivity contribution < 1.29 is 9.53 Å². The molecule has 0 bridgehead atoms. The van der Waals surface area contributed by atoms with Gasteiger partial charge in [0.25, 0.3) is 0 Å². The molecule has 0 unspecified atom stereocenters. The highest BCUT2D eigenvalue weighted by atomic mass is 35.5. The van der Waals surface area contributed by atoms with Crippen LogP contribution in [0.1, 0.15) is 15.9 Å². The second-order valence-corrected chi connectivity index (χ2v) is 2.96. The molecule has 0 spiro atoms. The molecule has 0 aliphatic heterocycles. The number of hydrogen-bond donors (Lipinski definition) is 1. The molecule has 15 heavy (non-hydrogen) atoms. The first kappa shape index (κ1) is 11.4. The number of halogens is 1. The highest BCUT2D eigenvalue weighted by molar-refractivity contribution is 6.19. The molecule has 0 aliphatic rings. The van der Waals surface area contributed by atoms with Crippen molar-refractivity contribution in [3.05, 3.63) is 29.3 Å². The van der Waals surface area contributed by atoms with E-state index in [-0.39, 0.29) is 5.88 Å². The lowest BCUT2D eigenvalue weighted by molar-refractivity contribution is 0.0602. The summed E-state index contributed by atoms with van der Waals surface area (Å²) in [5.74, 6) is 5.19. The molecular formula is C11H10ClNO2. The average Bonchev–Trinajstić information content (AvgIpc) is 2.27. The van der Waals surface area contributed by atoms with E-state index in [0.717, 1.165) is 0 Å². The lowest BCUT2D eigenvalue weighted by Gasteiger charge is -2.04. The van der Waals surface area contributed by atoms with E-state index in [0.29, 0.717) is 16.8 Å². The van der Waals surface area contributed by atoms with Gasteiger partial charge < -0.3 is 10.5 Å². The zero-order chi connectivity index (χ0) is 11.3. The van der Waals surface area contributed by atoms with E-state index >= 15 is 0 Å². The molecule has 0 atom stereocenters. The van der Waals surface area contributed by atoms with E-state index in [1.807, 2.05) is 0 Å². The van der Waals surface area contributed by atoms with Gasteiger partial charge in [0, 0.05) is 5.56 Å². The van der Waals surface area contributed by atoms with Gasteiger partial charge >= 0.3 is 5.97 Å². The first-order chi connectivity index (χ1) is 7.20. The van der Waals surface area contributed by atoms with E-state index in [2.05, 4.69) is 16.6 Å². The minimum Gasteiger partial charge on any atom is -0.465 e. The second-order valence-electron chi connectivity index (χ2n) is 2.69. The summed E-state index contributed by atoms with van der Waals surface area (Å²) in [7, 11) is 1.30. The van der Waals surface area contributed by atoms with Gasteiger partial charge in [0.1, 0.15) is 0 Å². The van der Waals surface area contributed by atoms with Crippen LogP contribution in [0.2, 0.25) is 0 Å². The van der Waals surface area contributed by atoms with Gasteiger partial charge in [-0.2, -0.15) is 0 Å². The fourth-order valence-corrected chi connectivity index (χ4v) is 1.16. The molecule has 0 saturated carbocycles. The molecule has 0 fully saturated rings. The summed E-state index contributed by atoms with van der Waals surface area (Å²) in [4.78, 5) is 11.3. The van der Waals surface area contributed by atoms with Crippen LogP contribution in [0.25, 0.3) is 0 Å². The van der Waals surface area contributed by atoms with Crippen LogP contribution in [-0.4, -0.2) is 19.0 Å². The number of carbonyl (C=O) groups is 1. The summed E-state index contributed by atoms with van der Waals surface area (Å²) in [5.41, 5.74) is 6.98. The zero-order valence-corrected chi connectivity index (χ0v) is 8.97. The Balaban J connectivity index is 3.17. The zero-order valence-electron chi connectivity index (χ0n) is 8.21. The lowest BCUT2D eigenvalue weighted by Crippen LogP contribution is -2.06. The number of ether oxygens (including phenoxy) is 1. The summed E-state index contributed by atoms with van der Waals surface area (Å²) in [6.45, 7) is 0. The lowest BCUT2D eigenvalue weighted by atomic mass is 10.1. The summed E-state index contributed by atoms with van der Waals surface area (Å²) in [5, 5.41) is 0. The maximum atomic E-state index is 11.3. The van der Waals surface area contributed by atoms with E-state index in [4.69, 9.17) is 17.3 Å². The number of hydrogen-bond acceptors (Lipinski definition) is 3. The number of esters is 1. The maximum absolute atomic E-state index is 11.3. The number of anilines is 1. The Labute approximate surface area is 93.2 Å². The SMILES string of the molecule is COC(=O)c1cccc(C#CCCl)c1N. The van der Waals surface area contributed by atoms with Gasteiger partial charge in [0.15, 0.2) is 0 Å². The Bertz CT molecular complexity index is 432. The van der Waals surface area contributed by atoms with Crippen molar-refractivity contribution in [3.8, 4) is 11.8 Å². The van der Waals surface area contributed by atoms with Crippen molar-refractivity contribution in [1.82, 2.24) is 0 Å². The van der Waals surface area contributed by atoms with Crippen LogP contribution in [0, 0.1) is 11.8 Å². The van der Waals surface area contributed by atoms with Crippen molar-refractivity contribution in [2.75, 3.05) is 18.7 Å². The van der Waals surface area contributed by atoms with Crippen LogP contribution in [0.3, 0.4) is 0 Å². The molecule has 0 aliphatic carbocycles. The molecular weight excluding hydrogens is 214 g/mol. The van der Waals surface area contributed by atoms with Crippen molar-refractivity contribution in [2.24, 2.45) is 0 Å². The molecule has 1 aromatic carbocycles. The van der Waals surface area contributed by atoms with E-state index in [9.17, 15) is 4.79 Å². The monoisotopic (exact) mass is 223 g/mol. The quantitative estimate of drug-likeness (QED) is 0.341. The van der Waals surface area contributed by atoms with Gasteiger partial charge in [-0.25, -0.2) is 4.79 Å². The number of nitrogen functional groups attached to an aromatic ring is 1. The van der Waals surface area contributed by atoms with Gasteiger partial charge in [-0.3, -0.25) is 0 Å². The smallest absolute Gasteiger partial charge is 0.339 e. The van der Waals surface area contributed by atoms with Crippen LogP contribution < -0.4 is 5.73 Å². The molecule has 0 heterocycles. The molecule has 4 heteroatoms. The number of benzene rings is 1. The van der Waals surface area contributed by atoms with Gasteiger partial charge in [-0.1, -0.05) is 17.9 Å². The van der Waals surface area contributed by atoms with Crippen molar-refractivity contribution in [2.45, 2.75) is 0 Å². The van der Waals surface area contributed by atoms with Gasteiger partial charge in [0.2, 0.25) is 0 Å². The Morgan fingerprint density at radius 2 is 2.33 bits per heavy atom. The van der Waals surface area contributed by atoms with Crippen LogP contribution in [0.15, 0.2) is 18.2 Å². The normalized spacial score (nSPS) is 8.93. The standard InChI is InChI=1S/C11H10ClNO2/c1-15-11(14)9-6-2-4-8(10(9)13)5-3-7-12/h2,4,6H,7,13H2,1H3. The minimum atomic E-state index is -0.470. The average molecular weight is 224 g/mol.